The van der Waals surface area contributed by atoms with Gasteiger partial charge in [-0.15, -0.1) is 0 Å². The molecule has 3 rings (SSSR count). The molecule has 2 aliphatic rings. The Morgan fingerprint density at radius 1 is 1.00 bits per heavy atom. The van der Waals surface area contributed by atoms with Gasteiger partial charge in [-0.1, -0.05) is 30.3 Å². The monoisotopic (exact) mass is 272 g/mol. The van der Waals surface area contributed by atoms with Crippen LogP contribution in [0, 0.1) is 5.92 Å². The van der Waals surface area contributed by atoms with Crippen LogP contribution in [0.15, 0.2) is 30.3 Å². The van der Waals surface area contributed by atoms with Crippen LogP contribution in [0.5, 0.6) is 0 Å². The van der Waals surface area contributed by atoms with E-state index in [1.165, 1.54) is 5.56 Å². The fourth-order valence-corrected chi connectivity index (χ4v) is 3.54. The SMILES string of the molecule is O=C(C1CCC(c2ccccc2)CC1)N1CCNCC1. The summed E-state index contributed by atoms with van der Waals surface area (Å²) >= 11 is 0. The molecule has 1 heterocycles. The van der Waals surface area contributed by atoms with Gasteiger partial charge in [0.1, 0.15) is 0 Å². The van der Waals surface area contributed by atoms with Crippen molar-refractivity contribution in [3.05, 3.63) is 35.9 Å². The molecule has 1 saturated heterocycles. The molecule has 0 radical (unpaired) electrons. The molecular formula is C17H24N2O. The lowest BCUT2D eigenvalue weighted by molar-refractivity contribution is -0.137. The van der Waals surface area contributed by atoms with Crippen molar-refractivity contribution in [3.8, 4) is 0 Å². The van der Waals surface area contributed by atoms with Gasteiger partial charge < -0.3 is 10.2 Å². The predicted octanol–water partition coefficient (Wildman–Crippen LogP) is 2.39. The Hall–Kier alpha value is -1.35. The minimum atomic E-state index is 0.271. The van der Waals surface area contributed by atoms with Gasteiger partial charge in [-0.05, 0) is 37.2 Å². The van der Waals surface area contributed by atoms with E-state index in [-0.39, 0.29) is 5.92 Å². The second-order valence-corrected chi connectivity index (χ2v) is 6.03. The number of carbonyl (C=O) groups excluding carboxylic acids is 1. The second-order valence-electron chi connectivity index (χ2n) is 6.03. The maximum Gasteiger partial charge on any atom is 0.225 e. The number of hydrogen-bond donors (Lipinski definition) is 1. The molecule has 108 valence electrons. The molecule has 20 heavy (non-hydrogen) atoms. The van der Waals surface area contributed by atoms with E-state index in [0.29, 0.717) is 11.8 Å². The summed E-state index contributed by atoms with van der Waals surface area (Å²) < 4.78 is 0. The van der Waals surface area contributed by atoms with Gasteiger partial charge in [-0.2, -0.15) is 0 Å². The third kappa shape index (κ3) is 3.04. The van der Waals surface area contributed by atoms with Gasteiger partial charge in [0.15, 0.2) is 0 Å². The standard InChI is InChI=1S/C17H24N2O/c20-17(19-12-10-18-11-13-19)16-8-6-15(7-9-16)14-4-2-1-3-5-14/h1-5,15-16,18H,6-13H2. The number of piperazine rings is 1. The highest BCUT2D eigenvalue weighted by molar-refractivity contribution is 5.79. The molecule has 0 atom stereocenters. The average Bonchev–Trinajstić information content (AvgIpc) is 2.56. The van der Waals surface area contributed by atoms with Crippen molar-refractivity contribution in [2.24, 2.45) is 5.92 Å². The van der Waals surface area contributed by atoms with Gasteiger partial charge >= 0.3 is 0 Å². The normalized spacial score (nSPS) is 27.3. The zero-order chi connectivity index (χ0) is 13.8. The summed E-state index contributed by atoms with van der Waals surface area (Å²) in [5.74, 6) is 1.33. The average molecular weight is 272 g/mol. The zero-order valence-corrected chi connectivity index (χ0v) is 12.1. The van der Waals surface area contributed by atoms with E-state index in [1.54, 1.807) is 0 Å². The van der Waals surface area contributed by atoms with Crippen LogP contribution in [0.3, 0.4) is 0 Å². The number of benzene rings is 1. The van der Waals surface area contributed by atoms with Crippen LogP contribution < -0.4 is 5.32 Å². The Morgan fingerprint density at radius 2 is 1.65 bits per heavy atom. The summed E-state index contributed by atoms with van der Waals surface area (Å²) in [5.41, 5.74) is 1.44. The molecule has 0 unspecified atom stereocenters. The summed E-state index contributed by atoms with van der Waals surface area (Å²) in [7, 11) is 0. The first-order valence-electron chi connectivity index (χ1n) is 7.89. The number of carbonyl (C=O) groups is 1. The van der Waals surface area contributed by atoms with E-state index in [0.717, 1.165) is 51.9 Å². The first kappa shape index (κ1) is 13.6. The first-order chi connectivity index (χ1) is 9.84. The van der Waals surface area contributed by atoms with E-state index in [9.17, 15) is 4.79 Å². The maximum absolute atomic E-state index is 12.5. The maximum atomic E-state index is 12.5. The third-order valence-electron chi connectivity index (χ3n) is 4.78. The van der Waals surface area contributed by atoms with Gasteiger partial charge in [0.05, 0.1) is 0 Å². The highest BCUT2D eigenvalue weighted by Gasteiger charge is 2.30. The van der Waals surface area contributed by atoms with Crippen molar-refractivity contribution < 1.29 is 4.79 Å². The van der Waals surface area contributed by atoms with Crippen molar-refractivity contribution in [1.82, 2.24) is 10.2 Å². The lowest BCUT2D eigenvalue weighted by Gasteiger charge is -2.34. The van der Waals surface area contributed by atoms with Crippen molar-refractivity contribution in [2.45, 2.75) is 31.6 Å². The molecule has 1 saturated carbocycles. The smallest absolute Gasteiger partial charge is 0.225 e. The minimum Gasteiger partial charge on any atom is -0.340 e. The number of rotatable bonds is 2. The van der Waals surface area contributed by atoms with E-state index in [2.05, 4.69) is 40.5 Å². The highest BCUT2D eigenvalue weighted by atomic mass is 16.2. The lowest BCUT2D eigenvalue weighted by atomic mass is 9.78. The van der Waals surface area contributed by atoms with Crippen LogP contribution in [0.4, 0.5) is 0 Å². The minimum absolute atomic E-state index is 0.271. The van der Waals surface area contributed by atoms with Gasteiger partial charge in [0, 0.05) is 32.1 Å². The lowest BCUT2D eigenvalue weighted by Crippen LogP contribution is -2.48. The Kier molecular flexibility index (Phi) is 4.36. The molecule has 2 fully saturated rings. The molecule has 1 aromatic carbocycles. The zero-order valence-electron chi connectivity index (χ0n) is 12.1. The molecule has 3 heteroatoms. The number of nitrogens with one attached hydrogen (secondary N) is 1. The largest absolute Gasteiger partial charge is 0.340 e. The van der Waals surface area contributed by atoms with Crippen LogP contribution in [-0.2, 0) is 4.79 Å². The van der Waals surface area contributed by atoms with Crippen LogP contribution in [-0.4, -0.2) is 37.0 Å². The first-order valence-corrected chi connectivity index (χ1v) is 7.89. The molecular weight excluding hydrogens is 248 g/mol. The molecule has 0 bridgehead atoms. The Balaban J connectivity index is 1.54. The topological polar surface area (TPSA) is 32.3 Å². The predicted molar refractivity (Wildman–Crippen MR) is 80.6 cm³/mol. The van der Waals surface area contributed by atoms with Crippen LogP contribution in [0.2, 0.25) is 0 Å². The molecule has 1 aliphatic carbocycles. The van der Waals surface area contributed by atoms with Crippen LogP contribution in [0.1, 0.15) is 37.2 Å². The number of amides is 1. The molecule has 3 nitrogen and oxygen atoms in total. The summed E-state index contributed by atoms with van der Waals surface area (Å²) in [6.45, 7) is 3.67. The Bertz CT molecular complexity index is 432. The summed E-state index contributed by atoms with van der Waals surface area (Å²) in [6, 6.07) is 10.8. The van der Waals surface area contributed by atoms with Crippen molar-refractivity contribution >= 4 is 5.91 Å². The van der Waals surface area contributed by atoms with Crippen molar-refractivity contribution in [1.29, 1.82) is 0 Å². The van der Waals surface area contributed by atoms with Crippen molar-refractivity contribution in [3.63, 3.8) is 0 Å². The number of hydrogen-bond acceptors (Lipinski definition) is 2. The second kappa shape index (κ2) is 6.40. The van der Waals surface area contributed by atoms with Gasteiger partial charge in [-0.3, -0.25) is 4.79 Å². The fourth-order valence-electron chi connectivity index (χ4n) is 3.54. The van der Waals surface area contributed by atoms with E-state index >= 15 is 0 Å². The molecule has 0 aromatic heterocycles. The number of nitrogens with zero attached hydrogens (tertiary/aromatic N) is 1. The molecule has 1 aliphatic heterocycles. The summed E-state index contributed by atoms with van der Waals surface area (Å²) in [5, 5.41) is 3.31. The van der Waals surface area contributed by atoms with Crippen LogP contribution >= 0.6 is 0 Å². The molecule has 1 N–H and O–H groups in total. The highest BCUT2D eigenvalue weighted by Crippen LogP contribution is 2.36. The van der Waals surface area contributed by atoms with Gasteiger partial charge in [0.2, 0.25) is 5.91 Å². The fraction of sp³-hybridized carbons (Fsp3) is 0.588. The molecule has 1 amide bonds. The summed E-state index contributed by atoms with van der Waals surface area (Å²) in [6.07, 6.45) is 4.43. The van der Waals surface area contributed by atoms with E-state index in [1.807, 2.05) is 0 Å². The molecule has 0 spiro atoms. The van der Waals surface area contributed by atoms with Gasteiger partial charge in [0.25, 0.3) is 0 Å². The summed E-state index contributed by atoms with van der Waals surface area (Å²) in [4.78, 5) is 14.6. The van der Waals surface area contributed by atoms with Gasteiger partial charge in [-0.25, -0.2) is 0 Å². The van der Waals surface area contributed by atoms with Crippen LogP contribution in [0.25, 0.3) is 0 Å². The molecule has 1 aromatic rings. The quantitative estimate of drug-likeness (QED) is 0.896. The third-order valence-corrected chi connectivity index (χ3v) is 4.78. The van der Waals surface area contributed by atoms with Crippen molar-refractivity contribution in [2.75, 3.05) is 26.2 Å². The van der Waals surface area contributed by atoms with E-state index < -0.39 is 0 Å². The Morgan fingerprint density at radius 3 is 2.30 bits per heavy atom. The Labute approximate surface area is 121 Å². The van der Waals surface area contributed by atoms with E-state index in [4.69, 9.17) is 0 Å².